The van der Waals surface area contributed by atoms with Gasteiger partial charge in [0.1, 0.15) is 23.5 Å². The van der Waals surface area contributed by atoms with Gasteiger partial charge in [0, 0.05) is 37.6 Å². The van der Waals surface area contributed by atoms with Crippen molar-refractivity contribution in [2.45, 2.75) is 26.2 Å². The molecule has 0 bridgehead atoms. The van der Waals surface area contributed by atoms with E-state index in [1.807, 2.05) is 37.3 Å². The van der Waals surface area contributed by atoms with Crippen LogP contribution in [-0.4, -0.2) is 51.3 Å². The van der Waals surface area contributed by atoms with Gasteiger partial charge in [0.25, 0.3) is 0 Å². The van der Waals surface area contributed by atoms with Crippen molar-refractivity contribution < 1.29 is 14.6 Å². The van der Waals surface area contributed by atoms with E-state index in [0.717, 1.165) is 42.2 Å². The molecule has 162 valence electrons. The first-order valence-electron chi connectivity index (χ1n) is 10.4. The van der Waals surface area contributed by atoms with Gasteiger partial charge in [-0.1, -0.05) is 12.1 Å². The minimum Gasteiger partial charge on any atom is -0.494 e. The molecule has 1 atom stereocenters. The number of nitrogens with zero attached hydrogens (tertiary/aromatic N) is 4. The highest BCUT2D eigenvalue weighted by atomic mass is 16.5. The number of aromatic nitrogens is 3. The Balaban J connectivity index is 1.42. The lowest BCUT2D eigenvalue weighted by molar-refractivity contribution is -0.0349. The van der Waals surface area contributed by atoms with Crippen molar-refractivity contribution in [1.29, 1.82) is 0 Å². The summed E-state index contributed by atoms with van der Waals surface area (Å²) >= 11 is 0. The van der Waals surface area contributed by atoms with E-state index in [4.69, 9.17) is 14.5 Å². The first-order chi connectivity index (χ1) is 15.2. The third kappa shape index (κ3) is 5.55. The standard InChI is InChI=1S/C23H27N5O3/c1-2-30-20-7-6-17(12-18(20)16-29)14-28-10-11-31-21(15-28)19-4-3-5-22(26-19)27-23-13-24-8-9-25-23/h3-9,12-13,21,29H,2,10-11,14-16H2,1H3,(H,25,26,27). The molecule has 8 nitrogen and oxygen atoms in total. The molecule has 3 aromatic rings. The number of aliphatic hydroxyl groups excluding tert-OH is 1. The van der Waals surface area contributed by atoms with Crippen LogP contribution in [0.2, 0.25) is 0 Å². The van der Waals surface area contributed by atoms with Crippen LogP contribution in [0.15, 0.2) is 55.0 Å². The molecular formula is C23H27N5O3. The van der Waals surface area contributed by atoms with Gasteiger partial charge < -0.3 is 19.9 Å². The molecule has 3 heterocycles. The fourth-order valence-corrected chi connectivity index (χ4v) is 3.63. The van der Waals surface area contributed by atoms with E-state index in [-0.39, 0.29) is 12.7 Å². The Kier molecular flexibility index (Phi) is 7.03. The molecule has 31 heavy (non-hydrogen) atoms. The van der Waals surface area contributed by atoms with E-state index in [1.54, 1.807) is 18.6 Å². The maximum atomic E-state index is 9.66. The molecule has 8 heteroatoms. The number of hydrogen-bond donors (Lipinski definition) is 2. The van der Waals surface area contributed by atoms with Gasteiger partial charge in [-0.15, -0.1) is 0 Å². The summed E-state index contributed by atoms with van der Waals surface area (Å²) in [5, 5.41) is 12.8. The predicted octanol–water partition coefficient (Wildman–Crippen LogP) is 3.08. The van der Waals surface area contributed by atoms with Gasteiger partial charge in [-0.3, -0.25) is 9.88 Å². The molecule has 0 amide bonds. The monoisotopic (exact) mass is 421 g/mol. The molecule has 1 aliphatic rings. The smallest absolute Gasteiger partial charge is 0.150 e. The Morgan fingerprint density at radius 1 is 1.23 bits per heavy atom. The minimum absolute atomic E-state index is 0.0373. The fourth-order valence-electron chi connectivity index (χ4n) is 3.63. The normalized spacial score (nSPS) is 16.8. The van der Waals surface area contributed by atoms with Crippen LogP contribution in [0.5, 0.6) is 5.75 Å². The first kappa shape index (κ1) is 21.2. The highest BCUT2D eigenvalue weighted by Crippen LogP contribution is 2.25. The van der Waals surface area contributed by atoms with Crippen LogP contribution in [-0.2, 0) is 17.9 Å². The van der Waals surface area contributed by atoms with Gasteiger partial charge in [0.15, 0.2) is 0 Å². The molecule has 1 aliphatic heterocycles. The van der Waals surface area contributed by atoms with Gasteiger partial charge in [0.05, 0.1) is 31.7 Å². The average molecular weight is 422 g/mol. The lowest BCUT2D eigenvalue weighted by Gasteiger charge is -2.33. The van der Waals surface area contributed by atoms with E-state index in [1.165, 1.54) is 0 Å². The number of anilines is 2. The Morgan fingerprint density at radius 2 is 2.16 bits per heavy atom. The van der Waals surface area contributed by atoms with E-state index in [2.05, 4.69) is 26.3 Å². The summed E-state index contributed by atoms with van der Waals surface area (Å²) in [6.45, 7) is 5.47. The molecule has 1 saturated heterocycles. The van der Waals surface area contributed by atoms with Crippen molar-refractivity contribution in [3.05, 3.63) is 71.8 Å². The van der Waals surface area contributed by atoms with Crippen molar-refractivity contribution in [1.82, 2.24) is 19.9 Å². The Morgan fingerprint density at radius 3 is 2.97 bits per heavy atom. The third-order valence-corrected chi connectivity index (χ3v) is 5.07. The van der Waals surface area contributed by atoms with Gasteiger partial charge in [-0.2, -0.15) is 0 Å². The second-order valence-corrected chi connectivity index (χ2v) is 7.29. The SMILES string of the molecule is CCOc1ccc(CN2CCOC(c3cccc(Nc4cnccn4)n3)C2)cc1CO. The number of aliphatic hydroxyl groups is 1. The van der Waals surface area contributed by atoms with E-state index < -0.39 is 0 Å². The van der Waals surface area contributed by atoms with Crippen molar-refractivity contribution >= 4 is 11.6 Å². The maximum absolute atomic E-state index is 9.66. The summed E-state index contributed by atoms with van der Waals surface area (Å²) in [4.78, 5) is 15.3. The Hall–Kier alpha value is -3.07. The number of morpholine rings is 1. The zero-order chi connectivity index (χ0) is 21.5. The highest BCUT2D eigenvalue weighted by Gasteiger charge is 2.23. The second-order valence-electron chi connectivity index (χ2n) is 7.29. The maximum Gasteiger partial charge on any atom is 0.150 e. The minimum atomic E-state index is -0.114. The largest absolute Gasteiger partial charge is 0.494 e. The third-order valence-electron chi connectivity index (χ3n) is 5.07. The summed E-state index contributed by atoms with van der Waals surface area (Å²) in [7, 11) is 0. The Bertz CT molecular complexity index is 986. The summed E-state index contributed by atoms with van der Waals surface area (Å²) in [6.07, 6.45) is 4.81. The zero-order valence-corrected chi connectivity index (χ0v) is 17.6. The number of rotatable bonds is 8. The molecule has 1 aromatic carbocycles. The number of nitrogens with one attached hydrogen (secondary N) is 1. The van der Waals surface area contributed by atoms with Crippen LogP contribution in [0.3, 0.4) is 0 Å². The summed E-state index contributed by atoms with van der Waals surface area (Å²) in [5.74, 6) is 2.09. The van der Waals surface area contributed by atoms with Crippen molar-refractivity contribution in [3.63, 3.8) is 0 Å². The van der Waals surface area contributed by atoms with Crippen LogP contribution < -0.4 is 10.1 Å². The molecule has 0 spiro atoms. The number of ether oxygens (including phenoxy) is 2. The van der Waals surface area contributed by atoms with Crippen molar-refractivity contribution in [3.8, 4) is 5.75 Å². The van der Waals surface area contributed by atoms with Gasteiger partial charge >= 0.3 is 0 Å². The number of hydrogen-bond acceptors (Lipinski definition) is 8. The molecule has 0 radical (unpaired) electrons. The molecule has 1 fully saturated rings. The van der Waals surface area contributed by atoms with E-state index in [9.17, 15) is 5.11 Å². The Labute approximate surface area is 181 Å². The second kappa shape index (κ2) is 10.3. The van der Waals surface area contributed by atoms with Crippen LogP contribution >= 0.6 is 0 Å². The summed E-state index contributed by atoms with van der Waals surface area (Å²) in [5.41, 5.74) is 2.83. The predicted molar refractivity (Wildman–Crippen MR) is 117 cm³/mol. The topological polar surface area (TPSA) is 92.6 Å². The highest BCUT2D eigenvalue weighted by molar-refractivity contribution is 5.50. The van der Waals surface area contributed by atoms with Crippen LogP contribution in [0.4, 0.5) is 11.6 Å². The molecular weight excluding hydrogens is 394 g/mol. The number of pyridine rings is 1. The van der Waals surface area contributed by atoms with Crippen molar-refractivity contribution in [2.75, 3.05) is 31.6 Å². The van der Waals surface area contributed by atoms with Gasteiger partial charge in [-0.25, -0.2) is 9.97 Å². The first-order valence-corrected chi connectivity index (χ1v) is 10.4. The quantitative estimate of drug-likeness (QED) is 0.573. The van der Waals surface area contributed by atoms with Crippen LogP contribution in [0.25, 0.3) is 0 Å². The lowest BCUT2D eigenvalue weighted by atomic mass is 10.1. The summed E-state index contributed by atoms with van der Waals surface area (Å²) in [6, 6.07) is 11.8. The van der Waals surface area contributed by atoms with Crippen LogP contribution in [0.1, 0.15) is 29.8 Å². The molecule has 2 N–H and O–H groups in total. The molecule has 0 saturated carbocycles. The fraction of sp³-hybridized carbons (Fsp3) is 0.348. The molecule has 4 rings (SSSR count). The molecule has 1 unspecified atom stereocenters. The number of benzene rings is 1. The van der Waals surface area contributed by atoms with Gasteiger partial charge in [0.2, 0.25) is 0 Å². The summed E-state index contributed by atoms with van der Waals surface area (Å²) < 4.78 is 11.6. The lowest BCUT2D eigenvalue weighted by Crippen LogP contribution is -2.38. The van der Waals surface area contributed by atoms with Crippen LogP contribution in [0, 0.1) is 0 Å². The zero-order valence-electron chi connectivity index (χ0n) is 17.6. The van der Waals surface area contributed by atoms with E-state index >= 15 is 0 Å². The average Bonchev–Trinajstić information content (AvgIpc) is 2.81. The molecule has 0 aliphatic carbocycles. The van der Waals surface area contributed by atoms with Gasteiger partial charge in [-0.05, 0) is 36.8 Å². The van der Waals surface area contributed by atoms with E-state index in [0.29, 0.717) is 24.8 Å². The van der Waals surface area contributed by atoms with Crippen molar-refractivity contribution in [2.24, 2.45) is 0 Å². The molecule has 2 aromatic heterocycles.